The van der Waals surface area contributed by atoms with E-state index in [2.05, 4.69) is 15.1 Å². The number of benzene rings is 2. The second-order valence-electron chi connectivity index (χ2n) is 6.82. The summed E-state index contributed by atoms with van der Waals surface area (Å²) in [5, 5.41) is 6.18. The monoisotopic (exact) mass is 415 g/mol. The Kier molecular flexibility index (Phi) is 4.76. The molecular weight excluding hydrogens is 398 g/mol. The lowest BCUT2D eigenvalue weighted by atomic mass is 10.1. The lowest BCUT2D eigenvalue weighted by molar-refractivity contribution is 0.0655. The predicted octanol–water partition coefficient (Wildman–Crippen LogP) is 3.59. The van der Waals surface area contributed by atoms with Gasteiger partial charge in [0.15, 0.2) is 5.65 Å². The standard InChI is InChI=1S/C22H17N5O2S/c28-21-16-9-4-5-10-17(16)22(29)26(21)11-6-12-30-20-18-13-25-27(19(18)23-14-24-20)15-7-2-1-3-8-15/h1-5,7-10,13-14H,6,11-12H2. The number of rotatable bonds is 6. The Bertz CT molecular complexity index is 1220. The van der Waals surface area contributed by atoms with Crippen molar-refractivity contribution in [2.45, 2.75) is 11.4 Å². The van der Waals surface area contributed by atoms with Crippen molar-refractivity contribution in [3.8, 4) is 5.69 Å². The van der Waals surface area contributed by atoms with Crippen LogP contribution in [0.2, 0.25) is 0 Å². The number of carbonyl (C=O) groups is 2. The van der Waals surface area contributed by atoms with Gasteiger partial charge >= 0.3 is 0 Å². The second-order valence-corrected chi connectivity index (χ2v) is 7.90. The molecule has 0 radical (unpaired) electrons. The van der Waals surface area contributed by atoms with Crippen molar-refractivity contribution in [3.05, 3.63) is 78.2 Å². The van der Waals surface area contributed by atoms with Crippen molar-refractivity contribution >= 4 is 34.6 Å². The fourth-order valence-electron chi connectivity index (χ4n) is 3.53. The number of thioether (sulfide) groups is 1. The Morgan fingerprint density at radius 3 is 2.30 bits per heavy atom. The van der Waals surface area contributed by atoms with Crippen LogP contribution in [0.15, 0.2) is 72.1 Å². The van der Waals surface area contributed by atoms with Gasteiger partial charge in [0.1, 0.15) is 11.4 Å². The van der Waals surface area contributed by atoms with Gasteiger partial charge in [0.2, 0.25) is 0 Å². The molecule has 0 aliphatic carbocycles. The maximum atomic E-state index is 12.5. The van der Waals surface area contributed by atoms with Gasteiger partial charge in [-0.15, -0.1) is 11.8 Å². The molecule has 2 aromatic heterocycles. The topological polar surface area (TPSA) is 81.0 Å². The molecule has 0 saturated carbocycles. The van der Waals surface area contributed by atoms with Crippen LogP contribution in [0.5, 0.6) is 0 Å². The maximum absolute atomic E-state index is 12.5. The van der Waals surface area contributed by atoms with Crippen molar-refractivity contribution in [2.75, 3.05) is 12.3 Å². The Labute approximate surface area is 176 Å². The summed E-state index contributed by atoms with van der Waals surface area (Å²) in [4.78, 5) is 35.0. The third-order valence-electron chi connectivity index (χ3n) is 4.97. The molecule has 1 aliphatic rings. The molecular formula is C22H17N5O2S. The first kappa shape index (κ1) is 18.5. The number of hydrogen-bond acceptors (Lipinski definition) is 6. The van der Waals surface area contributed by atoms with Gasteiger partial charge in [-0.1, -0.05) is 30.3 Å². The molecule has 0 bridgehead atoms. The van der Waals surface area contributed by atoms with Crippen LogP contribution in [-0.2, 0) is 0 Å². The number of para-hydroxylation sites is 1. The van der Waals surface area contributed by atoms with Crippen LogP contribution in [0, 0.1) is 0 Å². The van der Waals surface area contributed by atoms with Crippen LogP contribution in [0.4, 0.5) is 0 Å². The molecule has 4 aromatic rings. The van der Waals surface area contributed by atoms with E-state index in [-0.39, 0.29) is 11.8 Å². The van der Waals surface area contributed by atoms with E-state index in [1.54, 1.807) is 46.9 Å². The Hall–Kier alpha value is -3.52. The zero-order valence-electron chi connectivity index (χ0n) is 15.9. The summed E-state index contributed by atoms with van der Waals surface area (Å²) in [7, 11) is 0. The van der Waals surface area contributed by atoms with Crippen LogP contribution in [0.3, 0.4) is 0 Å². The molecule has 0 fully saturated rings. The highest BCUT2D eigenvalue weighted by atomic mass is 32.2. The molecule has 5 rings (SSSR count). The van der Waals surface area contributed by atoms with Gasteiger partial charge in [0.25, 0.3) is 11.8 Å². The highest BCUT2D eigenvalue weighted by Gasteiger charge is 2.34. The number of carbonyl (C=O) groups excluding carboxylic acids is 2. The highest BCUT2D eigenvalue weighted by Crippen LogP contribution is 2.27. The summed E-state index contributed by atoms with van der Waals surface area (Å²) < 4.78 is 1.79. The van der Waals surface area contributed by atoms with Gasteiger partial charge < -0.3 is 0 Å². The van der Waals surface area contributed by atoms with Crippen LogP contribution < -0.4 is 0 Å². The number of fused-ring (bicyclic) bond motifs is 2. The van der Waals surface area contributed by atoms with Crippen LogP contribution in [-0.4, -0.2) is 48.8 Å². The molecule has 148 valence electrons. The van der Waals surface area contributed by atoms with Gasteiger partial charge in [-0.25, -0.2) is 14.6 Å². The van der Waals surface area contributed by atoms with Gasteiger partial charge in [-0.3, -0.25) is 14.5 Å². The van der Waals surface area contributed by atoms with E-state index in [4.69, 9.17) is 0 Å². The number of amides is 2. The molecule has 0 atom stereocenters. The smallest absolute Gasteiger partial charge is 0.261 e. The Balaban J connectivity index is 1.26. The third-order valence-corrected chi connectivity index (χ3v) is 6.06. The van der Waals surface area contributed by atoms with Crippen molar-refractivity contribution in [3.63, 3.8) is 0 Å². The van der Waals surface area contributed by atoms with Crippen LogP contribution in [0.25, 0.3) is 16.7 Å². The fourth-order valence-corrected chi connectivity index (χ4v) is 4.42. The van der Waals surface area contributed by atoms with E-state index in [0.29, 0.717) is 24.1 Å². The fraction of sp³-hybridized carbons (Fsp3) is 0.136. The summed E-state index contributed by atoms with van der Waals surface area (Å²) >= 11 is 1.57. The predicted molar refractivity (Wildman–Crippen MR) is 114 cm³/mol. The molecule has 1 aliphatic heterocycles. The average Bonchev–Trinajstić information content (AvgIpc) is 3.33. The molecule has 0 unspecified atom stereocenters. The molecule has 2 aromatic carbocycles. The van der Waals surface area contributed by atoms with E-state index >= 15 is 0 Å². The molecule has 30 heavy (non-hydrogen) atoms. The summed E-state index contributed by atoms with van der Waals surface area (Å²) in [6.07, 6.45) is 3.99. The summed E-state index contributed by atoms with van der Waals surface area (Å²) in [6, 6.07) is 16.8. The molecule has 0 saturated heterocycles. The highest BCUT2D eigenvalue weighted by molar-refractivity contribution is 7.99. The summed E-state index contributed by atoms with van der Waals surface area (Å²) in [5.41, 5.74) is 2.66. The van der Waals surface area contributed by atoms with Crippen LogP contribution >= 0.6 is 11.8 Å². The molecule has 7 nitrogen and oxygen atoms in total. The quantitative estimate of drug-likeness (QED) is 0.207. The zero-order valence-corrected chi connectivity index (χ0v) is 16.7. The minimum absolute atomic E-state index is 0.214. The van der Waals surface area contributed by atoms with Gasteiger partial charge in [0, 0.05) is 12.3 Å². The van der Waals surface area contributed by atoms with Gasteiger partial charge in [-0.05, 0) is 30.7 Å². The molecule has 0 N–H and O–H groups in total. The first-order chi connectivity index (χ1) is 14.7. The van der Waals surface area contributed by atoms with Crippen LogP contribution in [0.1, 0.15) is 27.1 Å². The first-order valence-corrected chi connectivity index (χ1v) is 10.5. The Morgan fingerprint density at radius 1 is 0.867 bits per heavy atom. The normalized spacial score (nSPS) is 13.3. The number of nitrogens with zero attached hydrogens (tertiary/aromatic N) is 5. The SMILES string of the molecule is O=C1c2ccccc2C(=O)N1CCCSc1ncnc2c1cnn2-c1ccccc1. The van der Waals surface area contributed by atoms with Crippen molar-refractivity contribution in [2.24, 2.45) is 0 Å². The summed E-state index contributed by atoms with van der Waals surface area (Å²) in [6.45, 7) is 0.386. The van der Waals surface area contributed by atoms with E-state index in [1.807, 2.05) is 30.3 Å². The number of hydrogen-bond donors (Lipinski definition) is 0. The minimum atomic E-state index is -0.214. The average molecular weight is 415 g/mol. The van der Waals surface area contributed by atoms with Crippen molar-refractivity contribution in [1.29, 1.82) is 0 Å². The van der Waals surface area contributed by atoms with E-state index < -0.39 is 0 Å². The molecule has 0 spiro atoms. The lowest BCUT2D eigenvalue weighted by Gasteiger charge is -2.13. The maximum Gasteiger partial charge on any atom is 0.261 e. The Morgan fingerprint density at radius 2 is 1.57 bits per heavy atom. The second kappa shape index (κ2) is 7.72. The van der Waals surface area contributed by atoms with E-state index in [0.717, 1.165) is 27.5 Å². The number of imide groups is 1. The summed E-state index contributed by atoms with van der Waals surface area (Å²) in [5.74, 6) is 0.291. The molecule has 3 heterocycles. The van der Waals surface area contributed by atoms with E-state index in [9.17, 15) is 9.59 Å². The molecule has 2 amide bonds. The largest absolute Gasteiger partial charge is 0.274 e. The van der Waals surface area contributed by atoms with Crippen molar-refractivity contribution < 1.29 is 9.59 Å². The minimum Gasteiger partial charge on any atom is -0.274 e. The van der Waals surface area contributed by atoms with Crippen molar-refractivity contribution in [1.82, 2.24) is 24.6 Å². The lowest BCUT2D eigenvalue weighted by Crippen LogP contribution is -2.31. The zero-order chi connectivity index (χ0) is 20.5. The van der Waals surface area contributed by atoms with E-state index in [1.165, 1.54) is 11.2 Å². The van der Waals surface area contributed by atoms with Gasteiger partial charge in [-0.2, -0.15) is 5.10 Å². The van der Waals surface area contributed by atoms with Gasteiger partial charge in [0.05, 0.1) is 28.4 Å². The first-order valence-electron chi connectivity index (χ1n) is 9.56. The molecule has 8 heteroatoms. The number of aromatic nitrogens is 4. The third kappa shape index (κ3) is 3.15.